The number of alkyl halides is 1. The van der Waals surface area contributed by atoms with Gasteiger partial charge in [-0.25, -0.2) is 4.79 Å². The van der Waals surface area contributed by atoms with Gasteiger partial charge in [0.1, 0.15) is 12.7 Å². The molecular weight excluding hydrogens is 254 g/mol. The number of ether oxygens (including phenoxy) is 2. The standard InChI is InChI=1S/C13H24ClNO3/c1-4-10-17-13(16)18-12(8-7-9-14)11-15(5-2)6-3/h4,12H,1,5-11H2,2-3H3. The Kier molecular flexibility index (Phi) is 10.9. The summed E-state index contributed by atoms with van der Waals surface area (Å²) in [6, 6.07) is 0. The zero-order chi connectivity index (χ0) is 13.8. The highest BCUT2D eigenvalue weighted by molar-refractivity contribution is 6.17. The molecule has 0 aromatic heterocycles. The zero-order valence-corrected chi connectivity index (χ0v) is 12.1. The van der Waals surface area contributed by atoms with Crippen molar-refractivity contribution in [3.8, 4) is 0 Å². The molecule has 0 saturated heterocycles. The van der Waals surface area contributed by atoms with Crippen molar-refractivity contribution in [2.45, 2.75) is 32.8 Å². The second-order valence-corrected chi connectivity index (χ2v) is 4.28. The Bertz CT molecular complexity index is 232. The molecule has 1 unspecified atom stereocenters. The van der Waals surface area contributed by atoms with E-state index in [4.69, 9.17) is 21.1 Å². The predicted octanol–water partition coefficient (Wildman–Crippen LogP) is 3.06. The fourth-order valence-electron chi connectivity index (χ4n) is 1.56. The predicted molar refractivity (Wildman–Crippen MR) is 74.2 cm³/mol. The number of carbonyl (C=O) groups is 1. The molecule has 0 N–H and O–H groups in total. The quantitative estimate of drug-likeness (QED) is 0.349. The summed E-state index contributed by atoms with van der Waals surface area (Å²) >= 11 is 5.67. The van der Waals surface area contributed by atoms with Crippen LogP contribution in [0.15, 0.2) is 12.7 Å². The van der Waals surface area contributed by atoms with Crippen LogP contribution in [-0.2, 0) is 9.47 Å². The third-order valence-electron chi connectivity index (χ3n) is 2.60. The van der Waals surface area contributed by atoms with Gasteiger partial charge in [0.15, 0.2) is 0 Å². The Morgan fingerprint density at radius 2 is 2.11 bits per heavy atom. The van der Waals surface area contributed by atoms with Crippen LogP contribution in [0.3, 0.4) is 0 Å². The van der Waals surface area contributed by atoms with Crippen LogP contribution in [0.4, 0.5) is 4.79 Å². The monoisotopic (exact) mass is 277 g/mol. The topological polar surface area (TPSA) is 38.8 Å². The van der Waals surface area contributed by atoms with E-state index in [0.717, 1.165) is 25.9 Å². The maximum atomic E-state index is 11.4. The molecule has 18 heavy (non-hydrogen) atoms. The van der Waals surface area contributed by atoms with E-state index in [2.05, 4.69) is 25.3 Å². The van der Waals surface area contributed by atoms with Crippen molar-refractivity contribution in [3.63, 3.8) is 0 Å². The smallest absolute Gasteiger partial charge is 0.430 e. The fraction of sp³-hybridized carbons (Fsp3) is 0.769. The van der Waals surface area contributed by atoms with Gasteiger partial charge in [0.2, 0.25) is 0 Å². The normalized spacial score (nSPS) is 12.2. The first kappa shape index (κ1) is 17.3. The highest BCUT2D eigenvalue weighted by Crippen LogP contribution is 2.08. The van der Waals surface area contributed by atoms with E-state index >= 15 is 0 Å². The van der Waals surface area contributed by atoms with Gasteiger partial charge in [0.25, 0.3) is 0 Å². The Morgan fingerprint density at radius 3 is 2.61 bits per heavy atom. The Morgan fingerprint density at radius 1 is 1.44 bits per heavy atom. The SMILES string of the molecule is C=CCOC(=O)OC(CCCCl)CN(CC)CC. The van der Waals surface area contributed by atoms with Gasteiger partial charge in [0, 0.05) is 12.4 Å². The fourth-order valence-corrected chi connectivity index (χ4v) is 1.71. The summed E-state index contributed by atoms with van der Waals surface area (Å²) in [5.41, 5.74) is 0. The first-order valence-corrected chi connectivity index (χ1v) is 6.93. The second kappa shape index (κ2) is 11.4. The van der Waals surface area contributed by atoms with Crippen LogP contribution < -0.4 is 0 Å². The molecule has 0 aromatic rings. The van der Waals surface area contributed by atoms with Gasteiger partial charge >= 0.3 is 6.16 Å². The molecule has 0 spiro atoms. The number of hydrogen-bond acceptors (Lipinski definition) is 4. The molecule has 4 nitrogen and oxygen atoms in total. The van der Waals surface area contributed by atoms with Gasteiger partial charge in [-0.2, -0.15) is 0 Å². The summed E-state index contributed by atoms with van der Waals surface area (Å²) in [5.74, 6) is 0.569. The molecule has 0 aliphatic rings. The molecule has 0 amide bonds. The average Bonchev–Trinajstić information content (AvgIpc) is 2.39. The molecule has 0 bridgehead atoms. The van der Waals surface area contributed by atoms with Crippen LogP contribution >= 0.6 is 11.6 Å². The minimum atomic E-state index is -0.637. The maximum Gasteiger partial charge on any atom is 0.508 e. The lowest BCUT2D eigenvalue weighted by molar-refractivity contribution is 0.0135. The van der Waals surface area contributed by atoms with E-state index in [1.165, 1.54) is 6.08 Å². The minimum Gasteiger partial charge on any atom is -0.430 e. The van der Waals surface area contributed by atoms with Crippen molar-refractivity contribution < 1.29 is 14.3 Å². The van der Waals surface area contributed by atoms with Crippen molar-refractivity contribution in [1.29, 1.82) is 0 Å². The molecule has 1 atom stereocenters. The van der Waals surface area contributed by atoms with Crippen molar-refractivity contribution in [2.75, 3.05) is 32.1 Å². The van der Waals surface area contributed by atoms with Crippen LogP contribution in [0.5, 0.6) is 0 Å². The molecular formula is C13H24ClNO3. The van der Waals surface area contributed by atoms with E-state index in [1.807, 2.05) is 0 Å². The second-order valence-electron chi connectivity index (χ2n) is 3.91. The van der Waals surface area contributed by atoms with Crippen LogP contribution in [0.25, 0.3) is 0 Å². The average molecular weight is 278 g/mol. The number of carbonyl (C=O) groups excluding carboxylic acids is 1. The van der Waals surface area contributed by atoms with Crippen molar-refractivity contribution in [3.05, 3.63) is 12.7 Å². The lowest BCUT2D eigenvalue weighted by Crippen LogP contribution is -2.35. The van der Waals surface area contributed by atoms with Crippen molar-refractivity contribution >= 4 is 17.8 Å². The molecule has 5 heteroatoms. The minimum absolute atomic E-state index is 0.166. The van der Waals surface area contributed by atoms with Gasteiger partial charge in [-0.1, -0.05) is 26.5 Å². The lowest BCUT2D eigenvalue weighted by Gasteiger charge is -2.24. The summed E-state index contributed by atoms with van der Waals surface area (Å²) in [5, 5.41) is 0. The summed E-state index contributed by atoms with van der Waals surface area (Å²) in [7, 11) is 0. The number of halogens is 1. The van der Waals surface area contributed by atoms with Gasteiger partial charge in [-0.05, 0) is 25.9 Å². The number of nitrogens with zero attached hydrogens (tertiary/aromatic N) is 1. The molecule has 0 aliphatic heterocycles. The largest absolute Gasteiger partial charge is 0.508 e. The number of rotatable bonds is 10. The molecule has 0 saturated carbocycles. The molecule has 0 fully saturated rings. The first-order chi connectivity index (χ1) is 8.67. The van der Waals surface area contributed by atoms with E-state index in [-0.39, 0.29) is 12.7 Å². The number of hydrogen-bond donors (Lipinski definition) is 0. The summed E-state index contributed by atoms with van der Waals surface area (Å²) in [4.78, 5) is 13.6. The summed E-state index contributed by atoms with van der Waals surface area (Å²) < 4.78 is 10.1. The highest BCUT2D eigenvalue weighted by Gasteiger charge is 2.17. The van der Waals surface area contributed by atoms with Gasteiger partial charge in [-0.15, -0.1) is 11.6 Å². The number of likely N-dealkylation sites (N-methyl/N-ethyl adjacent to an activating group) is 1. The molecule has 106 valence electrons. The Labute approximate surface area is 115 Å². The Hall–Kier alpha value is -0.740. The van der Waals surface area contributed by atoms with Crippen LogP contribution in [0.1, 0.15) is 26.7 Å². The van der Waals surface area contributed by atoms with E-state index in [0.29, 0.717) is 12.4 Å². The third kappa shape index (κ3) is 8.37. The highest BCUT2D eigenvalue weighted by atomic mass is 35.5. The molecule has 0 aliphatic carbocycles. The molecule has 0 heterocycles. The lowest BCUT2D eigenvalue weighted by atomic mass is 10.2. The first-order valence-electron chi connectivity index (χ1n) is 6.40. The third-order valence-corrected chi connectivity index (χ3v) is 2.87. The molecule has 0 aromatic carbocycles. The van der Waals surface area contributed by atoms with Crippen molar-refractivity contribution in [1.82, 2.24) is 4.90 Å². The van der Waals surface area contributed by atoms with E-state index < -0.39 is 6.16 Å². The van der Waals surface area contributed by atoms with Crippen LogP contribution in [-0.4, -0.2) is 49.3 Å². The molecule has 0 rings (SSSR count). The van der Waals surface area contributed by atoms with E-state index in [9.17, 15) is 4.79 Å². The van der Waals surface area contributed by atoms with Crippen molar-refractivity contribution in [2.24, 2.45) is 0 Å². The van der Waals surface area contributed by atoms with Gasteiger partial charge in [0.05, 0.1) is 0 Å². The summed E-state index contributed by atoms with van der Waals surface area (Å²) in [6.45, 7) is 10.4. The van der Waals surface area contributed by atoms with Gasteiger partial charge < -0.3 is 14.4 Å². The summed E-state index contributed by atoms with van der Waals surface area (Å²) in [6.07, 6.45) is 2.28. The molecule has 0 radical (unpaired) electrons. The van der Waals surface area contributed by atoms with Crippen LogP contribution in [0, 0.1) is 0 Å². The van der Waals surface area contributed by atoms with Gasteiger partial charge in [-0.3, -0.25) is 0 Å². The Balaban J connectivity index is 4.19. The van der Waals surface area contributed by atoms with Crippen LogP contribution in [0.2, 0.25) is 0 Å². The van der Waals surface area contributed by atoms with E-state index in [1.54, 1.807) is 0 Å². The maximum absolute atomic E-state index is 11.4. The zero-order valence-electron chi connectivity index (χ0n) is 11.4.